The second-order valence-corrected chi connectivity index (χ2v) is 5.21. The topological polar surface area (TPSA) is 75.4 Å². The van der Waals surface area contributed by atoms with Crippen LogP contribution in [0.5, 0.6) is 0 Å². The minimum absolute atomic E-state index is 0.0275. The molecule has 0 radical (unpaired) electrons. The summed E-state index contributed by atoms with van der Waals surface area (Å²) >= 11 is 0. The van der Waals surface area contributed by atoms with Crippen LogP contribution in [0.4, 0.5) is 5.69 Å². The molecule has 0 fully saturated rings. The van der Waals surface area contributed by atoms with Gasteiger partial charge in [-0.05, 0) is 25.5 Å². The molecule has 1 aromatic rings. The normalized spacial score (nSPS) is 11.0. The highest BCUT2D eigenvalue weighted by molar-refractivity contribution is 5.97. The van der Waals surface area contributed by atoms with E-state index in [-0.39, 0.29) is 11.8 Å². The van der Waals surface area contributed by atoms with Crippen molar-refractivity contribution in [2.45, 2.75) is 32.9 Å². The van der Waals surface area contributed by atoms with Crippen LogP contribution in [-0.2, 0) is 16.1 Å². The van der Waals surface area contributed by atoms with E-state index in [4.69, 9.17) is 5.73 Å². The van der Waals surface area contributed by atoms with E-state index in [0.717, 1.165) is 5.56 Å². The number of nitrogens with zero attached hydrogens (tertiary/aromatic N) is 1. The number of hydrogen-bond acceptors (Lipinski definition) is 3. The molecule has 0 saturated carbocycles. The largest absolute Gasteiger partial charge is 0.342 e. The Bertz CT molecular complexity index is 478. The summed E-state index contributed by atoms with van der Waals surface area (Å²) in [4.78, 5) is 24.7. The molecule has 5 nitrogen and oxygen atoms in total. The Labute approximate surface area is 113 Å². The van der Waals surface area contributed by atoms with Gasteiger partial charge in [0.1, 0.15) is 0 Å². The third-order valence-electron chi connectivity index (χ3n) is 2.80. The van der Waals surface area contributed by atoms with Crippen molar-refractivity contribution in [3.8, 4) is 0 Å². The van der Waals surface area contributed by atoms with Crippen LogP contribution < -0.4 is 11.1 Å². The summed E-state index contributed by atoms with van der Waals surface area (Å²) < 4.78 is 0. The van der Waals surface area contributed by atoms with Gasteiger partial charge in [-0.2, -0.15) is 0 Å². The highest BCUT2D eigenvalue weighted by atomic mass is 16.2. The summed E-state index contributed by atoms with van der Waals surface area (Å²) in [5.74, 6) is -0.286. The standard InChI is InChI=1S/C14H21N3O2/c1-10(18)17(4)9-11-7-5-6-8-12(11)16-13(19)14(2,3)15/h5-8H,9,15H2,1-4H3,(H,16,19). The number of para-hydroxylation sites is 1. The zero-order valence-corrected chi connectivity index (χ0v) is 11.9. The third kappa shape index (κ3) is 4.37. The van der Waals surface area contributed by atoms with E-state index >= 15 is 0 Å². The molecule has 0 spiro atoms. The monoisotopic (exact) mass is 263 g/mol. The van der Waals surface area contributed by atoms with Crippen LogP contribution in [0.15, 0.2) is 24.3 Å². The first-order chi connectivity index (χ1) is 8.71. The molecule has 0 aliphatic heterocycles. The van der Waals surface area contributed by atoms with Gasteiger partial charge in [0.15, 0.2) is 0 Å². The molecule has 0 atom stereocenters. The van der Waals surface area contributed by atoms with Gasteiger partial charge in [0, 0.05) is 26.2 Å². The molecular weight excluding hydrogens is 242 g/mol. The molecule has 19 heavy (non-hydrogen) atoms. The smallest absolute Gasteiger partial charge is 0.243 e. The Hall–Kier alpha value is -1.88. The van der Waals surface area contributed by atoms with Gasteiger partial charge >= 0.3 is 0 Å². The molecule has 0 unspecified atom stereocenters. The number of anilines is 1. The van der Waals surface area contributed by atoms with Crippen LogP contribution in [0.3, 0.4) is 0 Å². The quantitative estimate of drug-likeness (QED) is 0.860. The average molecular weight is 263 g/mol. The Morgan fingerprint density at radius 2 is 1.89 bits per heavy atom. The van der Waals surface area contributed by atoms with E-state index in [1.54, 1.807) is 31.9 Å². The SMILES string of the molecule is CC(=O)N(C)Cc1ccccc1NC(=O)C(C)(C)N. The lowest BCUT2D eigenvalue weighted by Gasteiger charge is -2.21. The summed E-state index contributed by atoms with van der Waals surface area (Å²) in [6, 6.07) is 7.37. The first-order valence-corrected chi connectivity index (χ1v) is 6.11. The summed E-state index contributed by atoms with van der Waals surface area (Å²) in [5, 5.41) is 2.79. The predicted octanol–water partition coefficient (Wildman–Crippen LogP) is 1.34. The second-order valence-electron chi connectivity index (χ2n) is 5.21. The maximum atomic E-state index is 11.9. The first kappa shape index (κ1) is 15.2. The summed E-state index contributed by atoms with van der Waals surface area (Å²) in [5.41, 5.74) is 6.36. The molecular formula is C14H21N3O2. The fourth-order valence-corrected chi connectivity index (χ4v) is 1.43. The number of nitrogens with two attached hydrogens (primary N) is 1. The fourth-order valence-electron chi connectivity index (χ4n) is 1.43. The fraction of sp³-hybridized carbons (Fsp3) is 0.429. The van der Waals surface area contributed by atoms with Crippen LogP contribution in [0.25, 0.3) is 0 Å². The van der Waals surface area contributed by atoms with E-state index in [9.17, 15) is 9.59 Å². The minimum atomic E-state index is -0.945. The molecule has 0 aromatic heterocycles. The van der Waals surface area contributed by atoms with Crippen molar-refractivity contribution in [3.05, 3.63) is 29.8 Å². The number of rotatable bonds is 4. The van der Waals surface area contributed by atoms with Crippen molar-refractivity contribution >= 4 is 17.5 Å². The zero-order chi connectivity index (χ0) is 14.6. The van der Waals surface area contributed by atoms with Gasteiger partial charge < -0.3 is 16.0 Å². The molecule has 104 valence electrons. The van der Waals surface area contributed by atoms with E-state index < -0.39 is 5.54 Å². The number of benzene rings is 1. The average Bonchev–Trinajstić information content (AvgIpc) is 2.30. The minimum Gasteiger partial charge on any atom is -0.342 e. The number of amides is 2. The lowest BCUT2D eigenvalue weighted by molar-refractivity contribution is -0.128. The van der Waals surface area contributed by atoms with Gasteiger partial charge in [0.05, 0.1) is 5.54 Å². The van der Waals surface area contributed by atoms with E-state index in [2.05, 4.69) is 5.32 Å². The van der Waals surface area contributed by atoms with Gasteiger partial charge in [-0.1, -0.05) is 18.2 Å². The Balaban J connectivity index is 2.91. The van der Waals surface area contributed by atoms with Crippen molar-refractivity contribution in [1.82, 2.24) is 4.90 Å². The second kappa shape index (κ2) is 5.84. The molecule has 3 N–H and O–H groups in total. The van der Waals surface area contributed by atoms with Crippen LogP contribution in [0.1, 0.15) is 26.3 Å². The van der Waals surface area contributed by atoms with Crippen molar-refractivity contribution in [1.29, 1.82) is 0 Å². The molecule has 5 heteroatoms. The Kier molecular flexibility index (Phi) is 4.67. The maximum Gasteiger partial charge on any atom is 0.243 e. The summed E-state index contributed by atoms with van der Waals surface area (Å²) in [6.07, 6.45) is 0. The lowest BCUT2D eigenvalue weighted by Crippen LogP contribution is -2.45. The van der Waals surface area contributed by atoms with Crippen LogP contribution >= 0.6 is 0 Å². The molecule has 0 saturated heterocycles. The molecule has 1 aromatic carbocycles. The molecule has 2 amide bonds. The van der Waals surface area contributed by atoms with Crippen LogP contribution in [-0.4, -0.2) is 29.3 Å². The lowest BCUT2D eigenvalue weighted by atomic mass is 10.1. The van der Waals surface area contributed by atoms with E-state index in [1.165, 1.54) is 6.92 Å². The van der Waals surface area contributed by atoms with Gasteiger partial charge in [-0.15, -0.1) is 0 Å². The molecule has 0 bridgehead atoms. The van der Waals surface area contributed by atoms with E-state index in [0.29, 0.717) is 12.2 Å². The Morgan fingerprint density at radius 3 is 2.42 bits per heavy atom. The van der Waals surface area contributed by atoms with Crippen molar-refractivity contribution in [3.63, 3.8) is 0 Å². The van der Waals surface area contributed by atoms with Gasteiger partial charge in [0.25, 0.3) is 0 Å². The number of carbonyl (C=O) groups is 2. The number of nitrogens with one attached hydrogen (secondary N) is 1. The van der Waals surface area contributed by atoms with Crippen molar-refractivity contribution < 1.29 is 9.59 Å². The van der Waals surface area contributed by atoms with E-state index in [1.807, 2.05) is 18.2 Å². The van der Waals surface area contributed by atoms with Gasteiger partial charge in [-0.25, -0.2) is 0 Å². The maximum absolute atomic E-state index is 11.9. The van der Waals surface area contributed by atoms with Gasteiger partial charge in [-0.3, -0.25) is 9.59 Å². The summed E-state index contributed by atoms with van der Waals surface area (Å²) in [6.45, 7) is 5.24. The van der Waals surface area contributed by atoms with Gasteiger partial charge in [0.2, 0.25) is 11.8 Å². The molecule has 0 aliphatic rings. The molecule has 1 rings (SSSR count). The Morgan fingerprint density at radius 1 is 1.32 bits per heavy atom. The predicted molar refractivity (Wildman–Crippen MR) is 75.5 cm³/mol. The molecule has 0 aliphatic carbocycles. The number of hydrogen-bond donors (Lipinski definition) is 2. The zero-order valence-electron chi connectivity index (χ0n) is 11.9. The molecule has 0 heterocycles. The first-order valence-electron chi connectivity index (χ1n) is 6.11. The highest BCUT2D eigenvalue weighted by Crippen LogP contribution is 2.18. The van der Waals surface area contributed by atoms with Crippen LogP contribution in [0.2, 0.25) is 0 Å². The number of carbonyl (C=O) groups excluding carboxylic acids is 2. The summed E-state index contributed by atoms with van der Waals surface area (Å²) in [7, 11) is 1.72. The van der Waals surface area contributed by atoms with Crippen molar-refractivity contribution in [2.75, 3.05) is 12.4 Å². The highest BCUT2D eigenvalue weighted by Gasteiger charge is 2.22. The third-order valence-corrected chi connectivity index (χ3v) is 2.80. The van der Waals surface area contributed by atoms with Crippen LogP contribution in [0, 0.1) is 0 Å². The van der Waals surface area contributed by atoms with Crippen molar-refractivity contribution in [2.24, 2.45) is 5.73 Å².